The Morgan fingerprint density at radius 3 is 2.42 bits per heavy atom. The Hall–Kier alpha value is -3.40. The molecule has 0 fully saturated rings. The minimum absolute atomic E-state index is 0.0910. The van der Waals surface area contributed by atoms with Gasteiger partial charge >= 0.3 is 0 Å². The summed E-state index contributed by atoms with van der Waals surface area (Å²) in [4.78, 5) is 19.6. The minimum Gasteiger partial charge on any atom is -0.373 e. The largest absolute Gasteiger partial charge is 0.373 e. The first kappa shape index (κ1) is 20.9. The number of carbonyl (C=O) groups excluding carboxylic acids is 1. The van der Waals surface area contributed by atoms with Crippen LogP contribution >= 0.6 is 0 Å². The number of hydrogen-bond donors (Lipinski definition) is 1. The molecule has 0 saturated carbocycles. The second-order valence-corrected chi connectivity index (χ2v) is 9.01. The van der Waals surface area contributed by atoms with E-state index >= 15 is 0 Å². The van der Waals surface area contributed by atoms with Gasteiger partial charge in [0, 0.05) is 36.1 Å². The second-order valence-electron chi connectivity index (χ2n) is 9.01. The number of pyridine rings is 1. The molecule has 4 nitrogen and oxygen atoms in total. The van der Waals surface area contributed by atoms with Crippen molar-refractivity contribution < 1.29 is 4.79 Å². The van der Waals surface area contributed by atoms with Crippen molar-refractivity contribution in [2.24, 2.45) is 0 Å². The van der Waals surface area contributed by atoms with Crippen LogP contribution < -0.4 is 5.32 Å². The number of carbonyl (C=O) groups is 1. The molecule has 1 aliphatic heterocycles. The summed E-state index contributed by atoms with van der Waals surface area (Å²) in [6, 6.07) is 19.8. The average molecular weight is 412 g/mol. The fourth-order valence-electron chi connectivity index (χ4n) is 3.75. The molecular weight excluding hydrogens is 382 g/mol. The fourth-order valence-corrected chi connectivity index (χ4v) is 3.75. The van der Waals surface area contributed by atoms with Gasteiger partial charge in [-0.1, -0.05) is 57.2 Å². The van der Waals surface area contributed by atoms with Gasteiger partial charge in [-0.25, -0.2) is 0 Å². The molecular formula is C27H29N3O. The van der Waals surface area contributed by atoms with Crippen LogP contribution in [0.2, 0.25) is 0 Å². The van der Waals surface area contributed by atoms with E-state index in [1.165, 1.54) is 11.1 Å². The molecule has 2 aromatic carbocycles. The van der Waals surface area contributed by atoms with Crippen molar-refractivity contribution in [3.8, 4) is 11.3 Å². The lowest BCUT2D eigenvalue weighted by molar-refractivity contribution is 0.102. The van der Waals surface area contributed by atoms with E-state index in [0.29, 0.717) is 5.56 Å². The number of nitrogens with one attached hydrogen (secondary N) is 1. The lowest BCUT2D eigenvalue weighted by Crippen LogP contribution is -2.14. The molecule has 0 atom stereocenters. The molecule has 4 rings (SSSR count). The van der Waals surface area contributed by atoms with E-state index in [1.807, 2.05) is 48.7 Å². The molecule has 0 saturated heterocycles. The van der Waals surface area contributed by atoms with Crippen molar-refractivity contribution in [1.29, 1.82) is 0 Å². The molecule has 0 aliphatic carbocycles. The van der Waals surface area contributed by atoms with Crippen LogP contribution in [-0.2, 0) is 12.0 Å². The molecule has 1 aliphatic rings. The Morgan fingerprint density at radius 1 is 1.03 bits per heavy atom. The number of anilines is 1. The maximum absolute atomic E-state index is 12.7. The van der Waals surface area contributed by atoms with Gasteiger partial charge in [-0.2, -0.15) is 0 Å². The van der Waals surface area contributed by atoms with Gasteiger partial charge in [0.25, 0.3) is 5.91 Å². The van der Waals surface area contributed by atoms with Crippen LogP contribution in [0.5, 0.6) is 0 Å². The van der Waals surface area contributed by atoms with Crippen molar-refractivity contribution in [3.05, 3.63) is 95.8 Å². The molecule has 0 spiro atoms. The summed E-state index contributed by atoms with van der Waals surface area (Å²) in [6.07, 6.45) is 7.26. The highest BCUT2D eigenvalue weighted by Crippen LogP contribution is 2.25. The molecule has 1 amide bonds. The van der Waals surface area contributed by atoms with Crippen molar-refractivity contribution in [1.82, 2.24) is 9.88 Å². The summed E-state index contributed by atoms with van der Waals surface area (Å²) in [5, 5.41) is 2.99. The molecule has 0 bridgehead atoms. The topological polar surface area (TPSA) is 45.2 Å². The van der Waals surface area contributed by atoms with E-state index in [4.69, 9.17) is 0 Å². The SMILES string of the molecule is CC(C)(C)c1ccc(NC(=O)c2ccc(-c3ncccc3CN3C=CCC3)cc2)cc1. The fraction of sp³-hybridized carbons (Fsp3) is 0.259. The zero-order valence-electron chi connectivity index (χ0n) is 18.4. The number of hydrogen-bond acceptors (Lipinski definition) is 3. The van der Waals surface area contributed by atoms with E-state index in [-0.39, 0.29) is 11.3 Å². The third-order valence-electron chi connectivity index (χ3n) is 5.59. The molecule has 1 aromatic heterocycles. The van der Waals surface area contributed by atoms with E-state index < -0.39 is 0 Å². The van der Waals surface area contributed by atoms with Crippen molar-refractivity contribution in [2.45, 2.75) is 39.2 Å². The van der Waals surface area contributed by atoms with Gasteiger partial charge < -0.3 is 10.2 Å². The predicted octanol–water partition coefficient (Wildman–Crippen LogP) is 6.02. The maximum Gasteiger partial charge on any atom is 0.255 e. The quantitative estimate of drug-likeness (QED) is 0.558. The molecule has 2 heterocycles. The van der Waals surface area contributed by atoms with Crippen LogP contribution in [-0.4, -0.2) is 22.3 Å². The monoisotopic (exact) mass is 411 g/mol. The van der Waals surface area contributed by atoms with Crippen LogP contribution in [0.3, 0.4) is 0 Å². The number of nitrogens with zero attached hydrogens (tertiary/aromatic N) is 2. The Bertz CT molecular complexity index is 1080. The van der Waals surface area contributed by atoms with Gasteiger partial charge in [-0.3, -0.25) is 9.78 Å². The van der Waals surface area contributed by atoms with Gasteiger partial charge in [-0.05, 0) is 59.5 Å². The Labute approximate surface area is 184 Å². The van der Waals surface area contributed by atoms with E-state index in [9.17, 15) is 4.79 Å². The lowest BCUT2D eigenvalue weighted by Gasteiger charge is -2.19. The van der Waals surface area contributed by atoms with Crippen molar-refractivity contribution >= 4 is 11.6 Å². The van der Waals surface area contributed by atoms with Gasteiger partial charge in [0.05, 0.1) is 5.69 Å². The van der Waals surface area contributed by atoms with E-state index in [2.05, 4.69) is 66.4 Å². The zero-order chi connectivity index (χ0) is 21.8. The first-order valence-corrected chi connectivity index (χ1v) is 10.8. The van der Waals surface area contributed by atoms with Crippen LogP contribution in [0.25, 0.3) is 11.3 Å². The summed E-state index contributed by atoms with van der Waals surface area (Å²) in [5.41, 5.74) is 5.93. The van der Waals surface area contributed by atoms with E-state index in [1.54, 1.807) is 0 Å². The third-order valence-corrected chi connectivity index (χ3v) is 5.59. The van der Waals surface area contributed by atoms with Crippen LogP contribution in [0.4, 0.5) is 5.69 Å². The summed E-state index contributed by atoms with van der Waals surface area (Å²) < 4.78 is 0. The second kappa shape index (κ2) is 8.76. The lowest BCUT2D eigenvalue weighted by atomic mass is 9.87. The maximum atomic E-state index is 12.7. The van der Waals surface area contributed by atoms with E-state index in [0.717, 1.165) is 36.5 Å². The van der Waals surface area contributed by atoms with Gasteiger partial charge in [0.15, 0.2) is 0 Å². The Morgan fingerprint density at radius 2 is 1.77 bits per heavy atom. The highest BCUT2D eigenvalue weighted by Gasteiger charge is 2.14. The molecule has 1 N–H and O–H groups in total. The van der Waals surface area contributed by atoms with Crippen molar-refractivity contribution in [2.75, 3.05) is 11.9 Å². The van der Waals surface area contributed by atoms with Gasteiger partial charge in [-0.15, -0.1) is 0 Å². The molecule has 31 heavy (non-hydrogen) atoms. The molecule has 0 unspecified atom stereocenters. The minimum atomic E-state index is -0.112. The van der Waals surface area contributed by atoms with Gasteiger partial charge in [0.1, 0.15) is 0 Å². The summed E-state index contributed by atoms with van der Waals surface area (Å²) in [5.74, 6) is -0.112. The Kier molecular flexibility index (Phi) is 5.90. The number of rotatable bonds is 5. The first-order chi connectivity index (χ1) is 14.9. The highest BCUT2D eigenvalue weighted by molar-refractivity contribution is 6.04. The molecule has 4 heteroatoms. The van der Waals surface area contributed by atoms with Crippen molar-refractivity contribution in [3.63, 3.8) is 0 Å². The average Bonchev–Trinajstić information content (AvgIpc) is 3.27. The first-order valence-electron chi connectivity index (χ1n) is 10.8. The molecule has 3 aromatic rings. The summed E-state index contributed by atoms with van der Waals surface area (Å²) >= 11 is 0. The number of amides is 1. The molecule has 0 radical (unpaired) electrons. The zero-order valence-corrected chi connectivity index (χ0v) is 18.4. The van der Waals surface area contributed by atoms with Crippen LogP contribution in [0.1, 0.15) is 48.7 Å². The number of benzene rings is 2. The summed E-state index contributed by atoms with van der Waals surface area (Å²) in [6.45, 7) is 8.42. The molecule has 158 valence electrons. The van der Waals surface area contributed by atoms with Crippen LogP contribution in [0, 0.1) is 0 Å². The van der Waals surface area contributed by atoms with Gasteiger partial charge in [0.2, 0.25) is 0 Å². The smallest absolute Gasteiger partial charge is 0.255 e. The highest BCUT2D eigenvalue weighted by atomic mass is 16.1. The predicted molar refractivity (Wildman–Crippen MR) is 127 cm³/mol. The normalized spacial score (nSPS) is 13.5. The summed E-state index contributed by atoms with van der Waals surface area (Å²) in [7, 11) is 0. The third kappa shape index (κ3) is 5.02. The Balaban J connectivity index is 1.47. The number of aromatic nitrogens is 1. The van der Waals surface area contributed by atoms with Crippen LogP contribution in [0.15, 0.2) is 79.1 Å². The standard InChI is InChI=1S/C27H29N3O/c1-27(2,3)23-12-14-24(15-13-23)29-26(31)21-10-8-20(9-11-21)25-22(7-6-16-28-25)19-30-17-4-5-18-30/h4,6-17H,5,18-19H2,1-3H3,(H,29,31).